The lowest BCUT2D eigenvalue weighted by Crippen LogP contribution is -2.46. The fourth-order valence-corrected chi connectivity index (χ4v) is 4.48. The van der Waals surface area contributed by atoms with Crippen LogP contribution in [0.1, 0.15) is 40.0 Å². The van der Waals surface area contributed by atoms with E-state index in [-0.39, 0.29) is 29.5 Å². The lowest BCUT2D eigenvalue weighted by molar-refractivity contribution is -0.140. The predicted octanol–water partition coefficient (Wildman–Crippen LogP) is 0.107. The highest BCUT2D eigenvalue weighted by Gasteiger charge is 2.30. The summed E-state index contributed by atoms with van der Waals surface area (Å²) in [6, 6.07) is 0.0974. The van der Waals surface area contributed by atoms with Crippen LogP contribution in [0.15, 0.2) is 0 Å². The Labute approximate surface area is 163 Å². The standard InChI is InChI=1S/C18H34N4O4S/c1-4-27(25,26)19-14-15(2)20-8-5-9-22(13-12-20)18(24)17-6-10-21(11-7-17)16(3)23/h15,17,19H,4-14H2,1-3H3. The fourth-order valence-electron chi connectivity index (χ4n) is 3.78. The third kappa shape index (κ3) is 6.43. The molecule has 0 saturated carbocycles. The third-order valence-corrected chi connectivity index (χ3v) is 7.10. The largest absolute Gasteiger partial charge is 0.343 e. The molecule has 0 aromatic rings. The van der Waals surface area contributed by atoms with Crippen molar-refractivity contribution in [2.75, 3.05) is 51.6 Å². The maximum absolute atomic E-state index is 12.9. The molecule has 2 aliphatic rings. The number of carbonyl (C=O) groups excluding carboxylic acids is 2. The van der Waals surface area contributed by atoms with E-state index in [1.807, 2.05) is 16.7 Å². The van der Waals surface area contributed by atoms with Gasteiger partial charge in [-0.3, -0.25) is 14.5 Å². The van der Waals surface area contributed by atoms with E-state index < -0.39 is 10.0 Å². The number of hydrogen-bond acceptors (Lipinski definition) is 5. The van der Waals surface area contributed by atoms with Crippen molar-refractivity contribution in [1.82, 2.24) is 19.4 Å². The van der Waals surface area contributed by atoms with Crippen molar-refractivity contribution >= 4 is 21.8 Å². The average Bonchev–Trinajstić information content (AvgIpc) is 2.92. The van der Waals surface area contributed by atoms with Gasteiger partial charge in [-0.1, -0.05) is 0 Å². The third-order valence-electron chi connectivity index (χ3n) is 5.73. The molecule has 156 valence electrons. The van der Waals surface area contributed by atoms with Crippen LogP contribution < -0.4 is 4.72 Å². The summed E-state index contributed by atoms with van der Waals surface area (Å²) in [6.07, 6.45) is 2.38. The molecule has 0 spiro atoms. The van der Waals surface area contributed by atoms with Crippen LogP contribution in [0.25, 0.3) is 0 Å². The van der Waals surface area contributed by atoms with Gasteiger partial charge in [0.05, 0.1) is 5.75 Å². The van der Waals surface area contributed by atoms with E-state index in [2.05, 4.69) is 9.62 Å². The Morgan fingerprint density at radius 1 is 1.04 bits per heavy atom. The van der Waals surface area contributed by atoms with Crippen molar-refractivity contribution in [3.8, 4) is 0 Å². The number of likely N-dealkylation sites (tertiary alicyclic amines) is 1. The number of amides is 2. The molecule has 0 aromatic carbocycles. The van der Waals surface area contributed by atoms with Gasteiger partial charge >= 0.3 is 0 Å². The molecule has 9 heteroatoms. The minimum atomic E-state index is -3.18. The van der Waals surface area contributed by atoms with Crippen molar-refractivity contribution in [3.63, 3.8) is 0 Å². The van der Waals surface area contributed by atoms with Gasteiger partial charge in [-0.2, -0.15) is 0 Å². The summed E-state index contributed by atoms with van der Waals surface area (Å²) in [5, 5.41) is 0. The Bertz CT molecular complexity index is 617. The minimum Gasteiger partial charge on any atom is -0.343 e. The molecule has 0 aromatic heterocycles. The van der Waals surface area contributed by atoms with Crippen LogP contribution in [-0.4, -0.2) is 92.5 Å². The van der Waals surface area contributed by atoms with Gasteiger partial charge in [0, 0.05) is 64.7 Å². The van der Waals surface area contributed by atoms with E-state index in [1.54, 1.807) is 13.8 Å². The maximum atomic E-state index is 12.9. The summed E-state index contributed by atoms with van der Waals surface area (Å²) in [5.74, 6) is 0.393. The molecule has 2 rings (SSSR count). The van der Waals surface area contributed by atoms with Gasteiger partial charge in [0.1, 0.15) is 0 Å². The molecular formula is C18H34N4O4S. The second kappa shape index (κ2) is 9.84. The maximum Gasteiger partial charge on any atom is 0.225 e. The number of nitrogens with zero attached hydrogens (tertiary/aromatic N) is 3. The van der Waals surface area contributed by atoms with Crippen LogP contribution in [0.4, 0.5) is 0 Å². The molecule has 0 bridgehead atoms. The van der Waals surface area contributed by atoms with Gasteiger partial charge in [-0.25, -0.2) is 13.1 Å². The number of hydrogen-bond donors (Lipinski definition) is 1. The second-order valence-corrected chi connectivity index (χ2v) is 9.69. The first-order valence-corrected chi connectivity index (χ1v) is 11.6. The Hall–Kier alpha value is -1.19. The number of rotatable bonds is 6. The molecule has 2 amide bonds. The van der Waals surface area contributed by atoms with E-state index in [4.69, 9.17) is 0 Å². The predicted molar refractivity (Wildman–Crippen MR) is 105 cm³/mol. The number of nitrogens with one attached hydrogen (secondary N) is 1. The monoisotopic (exact) mass is 402 g/mol. The number of carbonyl (C=O) groups is 2. The topological polar surface area (TPSA) is 90.0 Å². The molecule has 1 unspecified atom stereocenters. The van der Waals surface area contributed by atoms with Crippen LogP contribution in [-0.2, 0) is 19.6 Å². The van der Waals surface area contributed by atoms with E-state index in [9.17, 15) is 18.0 Å². The molecule has 1 N–H and O–H groups in total. The van der Waals surface area contributed by atoms with Crippen molar-refractivity contribution in [2.45, 2.75) is 46.1 Å². The van der Waals surface area contributed by atoms with Gasteiger partial charge in [-0.05, 0) is 33.1 Å². The molecule has 2 aliphatic heterocycles. The first kappa shape index (κ1) is 22.1. The zero-order valence-corrected chi connectivity index (χ0v) is 17.6. The van der Waals surface area contributed by atoms with Gasteiger partial charge < -0.3 is 9.80 Å². The van der Waals surface area contributed by atoms with Crippen LogP contribution >= 0.6 is 0 Å². The molecule has 0 aliphatic carbocycles. The smallest absolute Gasteiger partial charge is 0.225 e. The molecule has 2 fully saturated rings. The number of sulfonamides is 1. The zero-order chi connectivity index (χ0) is 20.0. The molecule has 2 saturated heterocycles. The lowest BCUT2D eigenvalue weighted by atomic mass is 9.95. The molecule has 8 nitrogen and oxygen atoms in total. The summed E-state index contributed by atoms with van der Waals surface area (Å²) < 4.78 is 25.9. The SMILES string of the molecule is CCS(=O)(=O)NCC(C)N1CCCN(C(=O)C2CCN(C(C)=O)CC2)CC1. The minimum absolute atomic E-state index is 0.0148. The van der Waals surface area contributed by atoms with E-state index in [1.165, 1.54) is 0 Å². The average molecular weight is 403 g/mol. The van der Waals surface area contributed by atoms with Gasteiger partial charge in [0.15, 0.2) is 0 Å². The number of piperidine rings is 1. The zero-order valence-electron chi connectivity index (χ0n) is 16.8. The first-order valence-electron chi connectivity index (χ1n) is 9.99. The van der Waals surface area contributed by atoms with Crippen LogP contribution in [0, 0.1) is 5.92 Å². The molecule has 2 heterocycles. The second-order valence-electron chi connectivity index (χ2n) is 7.60. The van der Waals surface area contributed by atoms with Crippen LogP contribution in [0.3, 0.4) is 0 Å². The Balaban J connectivity index is 1.82. The van der Waals surface area contributed by atoms with E-state index in [0.717, 1.165) is 38.9 Å². The molecular weight excluding hydrogens is 368 g/mol. The normalized spacial score (nSPS) is 21.7. The van der Waals surface area contributed by atoms with Crippen LogP contribution in [0.2, 0.25) is 0 Å². The van der Waals surface area contributed by atoms with Gasteiger partial charge in [0.25, 0.3) is 0 Å². The first-order chi connectivity index (χ1) is 12.7. The van der Waals surface area contributed by atoms with Crippen molar-refractivity contribution < 1.29 is 18.0 Å². The van der Waals surface area contributed by atoms with Gasteiger partial charge in [0.2, 0.25) is 21.8 Å². The summed E-state index contributed by atoms with van der Waals surface area (Å²) in [4.78, 5) is 30.3. The van der Waals surface area contributed by atoms with Gasteiger partial charge in [-0.15, -0.1) is 0 Å². The van der Waals surface area contributed by atoms with Crippen molar-refractivity contribution in [3.05, 3.63) is 0 Å². The molecule has 1 atom stereocenters. The van der Waals surface area contributed by atoms with E-state index >= 15 is 0 Å². The Morgan fingerprint density at radius 2 is 1.70 bits per heavy atom. The highest BCUT2D eigenvalue weighted by atomic mass is 32.2. The summed E-state index contributed by atoms with van der Waals surface area (Å²) in [5.41, 5.74) is 0. The summed E-state index contributed by atoms with van der Waals surface area (Å²) in [6.45, 7) is 10.00. The summed E-state index contributed by atoms with van der Waals surface area (Å²) in [7, 11) is -3.18. The Kier molecular flexibility index (Phi) is 8.05. The lowest BCUT2D eigenvalue weighted by Gasteiger charge is -2.33. The van der Waals surface area contributed by atoms with Crippen molar-refractivity contribution in [2.24, 2.45) is 5.92 Å². The Morgan fingerprint density at radius 3 is 2.30 bits per heavy atom. The molecule has 27 heavy (non-hydrogen) atoms. The quantitative estimate of drug-likeness (QED) is 0.681. The summed E-state index contributed by atoms with van der Waals surface area (Å²) >= 11 is 0. The molecule has 0 radical (unpaired) electrons. The highest BCUT2D eigenvalue weighted by molar-refractivity contribution is 7.89. The van der Waals surface area contributed by atoms with Crippen molar-refractivity contribution in [1.29, 1.82) is 0 Å². The fraction of sp³-hybridized carbons (Fsp3) is 0.889. The highest BCUT2D eigenvalue weighted by Crippen LogP contribution is 2.21. The van der Waals surface area contributed by atoms with E-state index in [0.29, 0.717) is 26.2 Å². The van der Waals surface area contributed by atoms with Crippen LogP contribution in [0.5, 0.6) is 0 Å².